The highest BCUT2D eigenvalue weighted by Gasteiger charge is 2.37. The number of rotatable bonds is 3. The van der Waals surface area contributed by atoms with E-state index in [1.54, 1.807) is 6.07 Å². The summed E-state index contributed by atoms with van der Waals surface area (Å²) in [5, 5.41) is 0. The van der Waals surface area contributed by atoms with Crippen molar-refractivity contribution in [3.8, 4) is 5.75 Å². The van der Waals surface area contributed by atoms with Gasteiger partial charge in [0.1, 0.15) is 5.75 Å². The summed E-state index contributed by atoms with van der Waals surface area (Å²) in [6.45, 7) is 0.578. The Morgan fingerprint density at radius 2 is 2.12 bits per heavy atom. The van der Waals surface area contributed by atoms with Gasteiger partial charge in [-0.05, 0) is 42.5 Å². The molecule has 2 atom stereocenters. The molecule has 2 nitrogen and oxygen atoms in total. The van der Waals surface area contributed by atoms with Gasteiger partial charge in [-0.25, -0.2) is 0 Å². The van der Waals surface area contributed by atoms with E-state index in [0.717, 1.165) is 12.0 Å². The predicted molar refractivity (Wildman–Crippen MR) is 53.0 cm³/mol. The number of hydrogen-bond acceptors (Lipinski definition) is 2. The molecule has 2 N–H and O–H groups in total. The standard InChI is InChI=1S/C11H12F3NO/c12-11(13,14)16-9-3-1-2-7(4-9)10-5-8(10)6-15/h1-4,8,10H,5-6,15H2/t8-,10-/m0/s1. The van der Waals surface area contributed by atoms with E-state index in [2.05, 4.69) is 4.74 Å². The second-order valence-electron chi connectivity index (χ2n) is 3.96. The third-order valence-electron chi connectivity index (χ3n) is 2.75. The first-order valence-corrected chi connectivity index (χ1v) is 5.05. The SMILES string of the molecule is NC[C@@H]1C[C@H]1c1cccc(OC(F)(F)F)c1. The van der Waals surface area contributed by atoms with Gasteiger partial charge in [0.25, 0.3) is 0 Å². The summed E-state index contributed by atoms with van der Waals surface area (Å²) in [5.41, 5.74) is 6.36. The number of nitrogens with two attached hydrogens (primary N) is 1. The Balaban J connectivity index is 2.09. The molecule has 1 saturated carbocycles. The molecule has 0 amide bonds. The van der Waals surface area contributed by atoms with Crippen LogP contribution in [0, 0.1) is 5.92 Å². The molecule has 1 aromatic carbocycles. The van der Waals surface area contributed by atoms with Crippen molar-refractivity contribution in [2.45, 2.75) is 18.7 Å². The second-order valence-corrected chi connectivity index (χ2v) is 3.96. The number of alkyl halides is 3. The van der Waals surface area contributed by atoms with Crippen LogP contribution in [-0.2, 0) is 0 Å². The Morgan fingerprint density at radius 1 is 1.38 bits per heavy atom. The van der Waals surface area contributed by atoms with Gasteiger partial charge in [-0.15, -0.1) is 13.2 Å². The molecule has 0 aromatic heterocycles. The van der Waals surface area contributed by atoms with Gasteiger partial charge in [0, 0.05) is 0 Å². The van der Waals surface area contributed by atoms with Gasteiger partial charge < -0.3 is 10.5 Å². The molecule has 0 radical (unpaired) electrons. The third kappa shape index (κ3) is 2.66. The quantitative estimate of drug-likeness (QED) is 0.867. The summed E-state index contributed by atoms with van der Waals surface area (Å²) in [7, 11) is 0. The molecule has 0 heterocycles. The molecular formula is C11H12F3NO. The lowest BCUT2D eigenvalue weighted by Gasteiger charge is -2.09. The molecule has 0 spiro atoms. The molecule has 0 unspecified atom stereocenters. The smallest absolute Gasteiger partial charge is 0.406 e. The zero-order valence-electron chi connectivity index (χ0n) is 8.50. The minimum absolute atomic E-state index is 0.160. The number of ether oxygens (including phenoxy) is 1. The Labute approximate surface area is 91.2 Å². The third-order valence-corrected chi connectivity index (χ3v) is 2.75. The maximum atomic E-state index is 12.0. The second kappa shape index (κ2) is 3.97. The van der Waals surface area contributed by atoms with Crippen LogP contribution < -0.4 is 10.5 Å². The highest BCUT2D eigenvalue weighted by Crippen LogP contribution is 2.47. The molecule has 1 fully saturated rings. The van der Waals surface area contributed by atoms with Crippen LogP contribution in [0.2, 0.25) is 0 Å². The van der Waals surface area contributed by atoms with E-state index < -0.39 is 6.36 Å². The van der Waals surface area contributed by atoms with Crippen molar-refractivity contribution in [3.63, 3.8) is 0 Å². The van der Waals surface area contributed by atoms with Crippen molar-refractivity contribution in [2.24, 2.45) is 11.7 Å². The zero-order valence-corrected chi connectivity index (χ0v) is 8.50. The van der Waals surface area contributed by atoms with Gasteiger partial charge in [-0.1, -0.05) is 12.1 Å². The van der Waals surface area contributed by atoms with Crippen LogP contribution in [0.1, 0.15) is 17.9 Å². The van der Waals surface area contributed by atoms with Gasteiger partial charge in [-0.2, -0.15) is 0 Å². The fourth-order valence-electron chi connectivity index (χ4n) is 1.86. The van der Waals surface area contributed by atoms with E-state index in [1.165, 1.54) is 12.1 Å². The van der Waals surface area contributed by atoms with Crippen LogP contribution >= 0.6 is 0 Å². The van der Waals surface area contributed by atoms with Gasteiger partial charge in [0.2, 0.25) is 0 Å². The maximum Gasteiger partial charge on any atom is 0.573 e. The van der Waals surface area contributed by atoms with Gasteiger partial charge in [-0.3, -0.25) is 0 Å². The average Bonchev–Trinajstić information content (AvgIpc) is 2.94. The summed E-state index contributed by atoms with van der Waals surface area (Å²) in [6, 6.07) is 6.12. The van der Waals surface area contributed by atoms with E-state index in [9.17, 15) is 13.2 Å². The summed E-state index contributed by atoms with van der Waals surface area (Å²) >= 11 is 0. The predicted octanol–water partition coefficient (Wildman–Crippen LogP) is 2.65. The van der Waals surface area contributed by atoms with Crippen LogP contribution in [0.5, 0.6) is 5.75 Å². The minimum atomic E-state index is -4.63. The highest BCUT2D eigenvalue weighted by molar-refractivity contribution is 5.34. The summed E-state index contributed by atoms with van der Waals surface area (Å²) in [5.74, 6) is 0.538. The maximum absolute atomic E-state index is 12.0. The van der Waals surface area contributed by atoms with E-state index in [0.29, 0.717) is 18.4 Å². The van der Waals surface area contributed by atoms with E-state index in [4.69, 9.17) is 5.73 Å². The first-order valence-electron chi connectivity index (χ1n) is 5.05. The molecular weight excluding hydrogens is 219 g/mol. The van der Waals surface area contributed by atoms with Crippen molar-refractivity contribution in [2.75, 3.05) is 6.54 Å². The van der Waals surface area contributed by atoms with Gasteiger partial charge in [0.05, 0.1) is 0 Å². The van der Waals surface area contributed by atoms with Crippen molar-refractivity contribution in [1.82, 2.24) is 0 Å². The van der Waals surface area contributed by atoms with Gasteiger partial charge >= 0.3 is 6.36 Å². The topological polar surface area (TPSA) is 35.2 Å². The summed E-state index contributed by atoms with van der Waals surface area (Å²) in [6.07, 6.45) is -3.68. The largest absolute Gasteiger partial charge is 0.573 e. The van der Waals surface area contributed by atoms with Crippen molar-refractivity contribution >= 4 is 0 Å². The van der Waals surface area contributed by atoms with Gasteiger partial charge in [0.15, 0.2) is 0 Å². The number of halogens is 3. The fourth-order valence-corrected chi connectivity index (χ4v) is 1.86. The molecule has 16 heavy (non-hydrogen) atoms. The van der Waals surface area contributed by atoms with Crippen LogP contribution in [0.4, 0.5) is 13.2 Å². The Kier molecular flexibility index (Phi) is 2.80. The summed E-state index contributed by atoms with van der Waals surface area (Å²) in [4.78, 5) is 0. The fraction of sp³-hybridized carbons (Fsp3) is 0.455. The first-order chi connectivity index (χ1) is 7.49. The monoisotopic (exact) mass is 231 g/mol. The van der Waals surface area contributed by atoms with Crippen molar-refractivity contribution < 1.29 is 17.9 Å². The van der Waals surface area contributed by atoms with E-state index in [1.807, 2.05) is 6.07 Å². The molecule has 0 bridgehead atoms. The lowest BCUT2D eigenvalue weighted by molar-refractivity contribution is -0.274. The van der Waals surface area contributed by atoms with Crippen LogP contribution in [0.25, 0.3) is 0 Å². The average molecular weight is 231 g/mol. The molecule has 0 aliphatic heterocycles. The Hall–Kier alpha value is -1.23. The number of hydrogen-bond donors (Lipinski definition) is 1. The molecule has 1 aromatic rings. The molecule has 1 aliphatic rings. The number of benzene rings is 1. The normalized spacial score (nSPS) is 24.2. The molecule has 5 heteroatoms. The first kappa shape index (κ1) is 11.3. The van der Waals surface area contributed by atoms with Crippen molar-refractivity contribution in [3.05, 3.63) is 29.8 Å². The van der Waals surface area contributed by atoms with Crippen LogP contribution in [0.15, 0.2) is 24.3 Å². The molecule has 2 rings (SSSR count). The van der Waals surface area contributed by atoms with Crippen LogP contribution in [-0.4, -0.2) is 12.9 Å². The van der Waals surface area contributed by atoms with Crippen molar-refractivity contribution in [1.29, 1.82) is 0 Å². The van der Waals surface area contributed by atoms with Crippen LogP contribution in [0.3, 0.4) is 0 Å². The van der Waals surface area contributed by atoms with E-state index >= 15 is 0 Å². The molecule has 0 saturated heterocycles. The Morgan fingerprint density at radius 3 is 2.69 bits per heavy atom. The summed E-state index contributed by atoms with van der Waals surface area (Å²) < 4.78 is 39.8. The minimum Gasteiger partial charge on any atom is -0.406 e. The highest BCUT2D eigenvalue weighted by atomic mass is 19.4. The molecule has 1 aliphatic carbocycles. The zero-order chi connectivity index (χ0) is 11.8. The lowest BCUT2D eigenvalue weighted by Crippen LogP contribution is -2.17. The lowest BCUT2D eigenvalue weighted by atomic mass is 10.1. The molecule has 88 valence electrons. The van der Waals surface area contributed by atoms with E-state index in [-0.39, 0.29) is 5.75 Å². The Bertz CT molecular complexity index is 378.